The van der Waals surface area contributed by atoms with Gasteiger partial charge in [0.1, 0.15) is 12.4 Å². The summed E-state index contributed by atoms with van der Waals surface area (Å²) < 4.78 is 6.65. The van der Waals surface area contributed by atoms with Gasteiger partial charge < -0.3 is 4.74 Å². The molecule has 1 fully saturated rings. The summed E-state index contributed by atoms with van der Waals surface area (Å²) in [7, 11) is 0. The molecule has 3 aromatic rings. The number of ether oxygens (including phenoxy) is 1. The first-order valence-electron chi connectivity index (χ1n) is 10.1. The van der Waals surface area contributed by atoms with Gasteiger partial charge in [0.05, 0.1) is 16.4 Å². The van der Waals surface area contributed by atoms with Gasteiger partial charge in [-0.25, -0.2) is 0 Å². The maximum absolute atomic E-state index is 13.0. The summed E-state index contributed by atoms with van der Waals surface area (Å²) in [5.41, 5.74) is 1.76. The van der Waals surface area contributed by atoms with Gasteiger partial charge in [0.2, 0.25) is 0 Å². The number of nitro groups is 1. The first kappa shape index (κ1) is 25.2. The highest BCUT2D eigenvalue weighted by molar-refractivity contribution is 9.10. The molecule has 1 aliphatic heterocycles. The quantitative estimate of drug-likeness (QED) is 0.160. The summed E-state index contributed by atoms with van der Waals surface area (Å²) in [6.07, 6.45) is 1.59. The van der Waals surface area contributed by atoms with Crippen LogP contribution in [0.15, 0.2) is 70.0 Å². The number of nitro benzene ring substituents is 1. The van der Waals surface area contributed by atoms with Crippen LogP contribution in [-0.2, 0) is 17.9 Å². The molecule has 2 amide bonds. The van der Waals surface area contributed by atoms with E-state index in [2.05, 4.69) is 15.9 Å². The Labute approximate surface area is 222 Å². The second kappa shape index (κ2) is 10.8. The average molecular weight is 594 g/mol. The summed E-state index contributed by atoms with van der Waals surface area (Å²) in [5.74, 6) is 0.00266. The van der Waals surface area contributed by atoms with E-state index >= 15 is 0 Å². The number of benzene rings is 3. The molecule has 0 saturated carbocycles. The van der Waals surface area contributed by atoms with Gasteiger partial charge in [-0.2, -0.15) is 0 Å². The Hall–Kier alpha value is -2.85. The Morgan fingerprint density at radius 2 is 1.89 bits per heavy atom. The van der Waals surface area contributed by atoms with Gasteiger partial charge in [-0.05, 0) is 59.3 Å². The zero-order valence-electron chi connectivity index (χ0n) is 17.7. The van der Waals surface area contributed by atoms with Crippen LogP contribution in [0.3, 0.4) is 0 Å². The second-order valence-corrected chi connectivity index (χ2v) is 10.2. The van der Waals surface area contributed by atoms with Gasteiger partial charge in [0, 0.05) is 32.2 Å². The highest BCUT2D eigenvalue weighted by Crippen LogP contribution is 2.36. The number of imide groups is 1. The lowest BCUT2D eigenvalue weighted by Crippen LogP contribution is -2.27. The molecule has 0 bridgehead atoms. The zero-order chi connectivity index (χ0) is 25.1. The molecule has 0 radical (unpaired) electrons. The molecular weight excluding hydrogens is 579 g/mol. The topological polar surface area (TPSA) is 89.7 Å². The molecule has 0 spiro atoms. The third-order valence-corrected chi connectivity index (χ3v) is 6.98. The molecule has 0 aliphatic carbocycles. The molecule has 0 atom stereocenters. The van der Waals surface area contributed by atoms with Crippen LogP contribution < -0.4 is 4.74 Å². The van der Waals surface area contributed by atoms with Crippen LogP contribution in [0.5, 0.6) is 5.75 Å². The lowest BCUT2D eigenvalue weighted by atomic mass is 10.1. The normalized spacial score (nSPS) is 14.6. The van der Waals surface area contributed by atoms with Crippen molar-refractivity contribution < 1.29 is 19.2 Å². The predicted molar refractivity (Wildman–Crippen MR) is 140 cm³/mol. The standard InChI is InChI=1S/C24H15BrCl2N2O5S/c25-17-5-7-21(34-13-14-2-1-3-19(8-14)29(32)33)16(9-17)10-22-23(30)28(24(31)35-22)12-15-4-6-18(26)11-20(15)27/h1-11H,12-13H2/b22-10-. The van der Waals surface area contributed by atoms with E-state index in [1.165, 1.54) is 12.1 Å². The van der Waals surface area contributed by atoms with Crippen LogP contribution >= 0.6 is 50.9 Å². The average Bonchev–Trinajstić information content (AvgIpc) is 3.07. The van der Waals surface area contributed by atoms with Gasteiger partial charge in [-0.3, -0.25) is 24.6 Å². The molecule has 7 nitrogen and oxygen atoms in total. The SMILES string of the molecule is O=C1S/C(=C\c2cc(Br)ccc2OCc2cccc([N+](=O)[O-])c2)C(=O)N1Cc1ccc(Cl)cc1Cl. The van der Waals surface area contributed by atoms with Crippen LogP contribution in [0.2, 0.25) is 10.0 Å². The van der Waals surface area contributed by atoms with Crippen molar-refractivity contribution in [3.63, 3.8) is 0 Å². The highest BCUT2D eigenvalue weighted by Gasteiger charge is 2.35. The molecule has 4 rings (SSSR count). The predicted octanol–water partition coefficient (Wildman–Crippen LogP) is 7.48. The van der Waals surface area contributed by atoms with Crippen molar-refractivity contribution in [3.05, 3.63) is 107 Å². The Kier molecular flexibility index (Phi) is 7.81. The number of halogens is 3. The fourth-order valence-corrected chi connectivity index (χ4v) is 4.96. The van der Waals surface area contributed by atoms with Crippen molar-refractivity contribution in [2.24, 2.45) is 0 Å². The number of hydrogen-bond acceptors (Lipinski definition) is 6. The molecule has 3 aromatic carbocycles. The molecular formula is C24H15BrCl2N2O5S. The number of nitrogens with zero attached hydrogens (tertiary/aromatic N) is 2. The minimum atomic E-state index is -0.470. The summed E-state index contributed by atoms with van der Waals surface area (Å²) >= 11 is 16.4. The Bertz CT molecular complexity index is 1380. The minimum absolute atomic E-state index is 0.0205. The minimum Gasteiger partial charge on any atom is -0.488 e. The van der Waals surface area contributed by atoms with Crippen molar-refractivity contribution in [2.75, 3.05) is 0 Å². The number of rotatable bonds is 7. The van der Waals surface area contributed by atoms with E-state index < -0.39 is 16.1 Å². The maximum atomic E-state index is 13.0. The lowest BCUT2D eigenvalue weighted by molar-refractivity contribution is -0.384. The summed E-state index contributed by atoms with van der Waals surface area (Å²) in [6.45, 7) is 0.104. The van der Waals surface area contributed by atoms with E-state index in [9.17, 15) is 19.7 Å². The van der Waals surface area contributed by atoms with Crippen molar-refractivity contribution in [3.8, 4) is 5.75 Å². The Morgan fingerprint density at radius 1 is 1.09 bits per heavy atom. The van der Waals surface area contributed by atoms with E-state index in [0.29, 0.717) is 32.5 Å². The second-order valence-electron chi connectivity index (χ2n) is 7.40. The Morgan fingerprint density at radius 3 is 2.63 bits per heavy atom. The monoisotopic (exact) mass is 592 g/mol. The third kappa shape index (κ3) is 6.05. The third-order valence-electron chi connectivity index (χ3n) is 4.99. The van der Waals surface area contributed by atoms with E-state index in [0.717, 1.165) is 21.1 Å². The molecule has 1 heterocycles. The first-order chi connectivity index (χ1) is 16.7. The van der Waals surface area contributed by atoms with Crippen molar-refractivity contribution >= 4 is 73.8 Å². The molecule has 178 valence electrons. The van der Waals surface area contributed by atoms with Gasteiger partial charge in [0.15, 0.2) is 0 Å². The van der Waals surface area contributed by atoms with Gasteiger partial charge >= 0.3 is 0 Å². The molecule has 0 unspecified atom stereocenters. The van der Waals surface area contributed by atoms with Crippen molar-refractivity contribution in [1.29, 1.82) is 0 Å². The van der Waals surface area contributed by atoms with Gasteiger partial charge in [0.25, 0.3) is 16.8 Å². The molecule has 1 aliphatic rings. The fraction of sp³-hybridized carbons (Fsp3) is 0.0833. The fourth-order valence-electron chi connectivity index (χ4n) is 3.28. The zero-order valence-corrected chi connectivity index (χ0v) is 21.7. The van der Waals surface area contributed by atoms with Crippen LogP contribution in [0.4, 0.5) is 10.5 Å². The maximum Gasteiger partial charge on any atom is 0.293 e. The van der Waals surface area contributed by atoms with Crippen LogP contribution in [0.25, 0.3) is 6.08 Å². The number of thioether (sulfide) groups is 1. The van der Waals surface area contributed by atoms with Crippen LogP contribution in [0, 0.1) is 10.1 Å². The summed E-state index contributed by atoms with van der Waals surface area (Å²) in [6, 6.07) is 16.3. The van der Waals surface area contributed by atoms with Crippen LogP contribution in [-0.4, -0.2) is 21.0 Å². The van der Waals surface area contributed by atoms with E-state index in [4.69, 9.17) is 27.9 Å². The summed E-state index contributed by atoms with van der Waals surface area (Å²) in [4.78, 5) is 37.5. The summed E-state index contributed by atoms with van der Waals surface area (Å²) in [5, 5.41) is 11.4. The number of amides is 2. The van der Waals surface area contributed by atoms with E-state index in [1.807, 2.05) is 0 Å². The lowest BCUT2D eigenvalue weighted by Gasteiger charge is -2.14. The van der Waals surface area contributed by atoms with Crippen molar-refractivity contribution in [1.82, 2.24) is 4.90 Å². The number of carbonyl (C=O) groups is 2. The molecule has 11 heteroatoms. The molecule has 35 heavy (non-hydrogen) atoms. The number of hydrogen-bond donors (Lipinski definition) is 0. The van der Waals surface area contributed by atoms with E-state index in [1.54, 1.807) is 54.6 Å². The van der Waals surface area contributed by atoms with Gasteiger partial charge in [-0.15, -0.1) is 0 Å². The number of carbonyl (C=O) groups excluding carboxylic acids is 2. The molecule has 0 N–H and O–H groups in total. The molecule has 1 saturated heterocycles. The first-order valence-corrected chi connectivity index (χ1v) is 12.4. The van der Waals surface area contributed by atoms with E-state index in [-0.39, 0.29) is 23.7 Å². The smallest absolute Gasteiger partial charge is 0.293 e. The Balaban J connectivity index is 1.55. The van der Waals surface area contributed by atoms with Crippen molar-refractivity contribution in [2.45, 2.75) is 13.2 Å². The van der Waals surface area contributed by atoms with Crippen LogP contribution in [0.1, 0.15) is 16.7 Å². The number of non-ortho nitro benzene ring substituents is 1. The largest absolute Gasteiger partial charge is 0.488 e. The highest BCUT2D eigenvalue weighted by atomic mass is 79.9. The van der Waals surface area contributed by atoms with Gasteiger partial charge in [-0.1, -0.05) is 57.3 Å². The molecule has 0 aromatic heterocycles.